The summed E-state index contributed by atoms with van der Waals surface area (Å²) in [5.41, 5.74) is 2.44. The van der Waals surface area contributed by atoms with E-state index >= 15 is 0 Å². The summed E-state index contributed by atoms with van der Waals surface area (Å²) < 4.78 is 5.37. The van der Waals surface area contributed by atoms with Crippen LogP contribution in [0.1, 0.15) is 42.6 Å². The summed E-state index contributed by atoms with van der Waals surface area (Å²) in [7, 11) is 0. The Morgan fingerprint density at radius 1 is 1.24 bits per heavy atom. The lowest BCUT2D eigenvalue weighted by molar-refractivity contribution is 0.102. The van der Waals surface area contributed by atoms with Gasteiger partial charge in [0.25, 0.3) is 5.91 Å². The molecule has 4 nitrogen and oxygen atoms in total. The van der Waals surface area contributed by atoms with Crippen molar-refractivity contribution < 1.29 is 9.53 Å². The Bertz CT molecular complexity index is 606. The predicted molar refractivity (Wildman–Crippen MR) is 83.9 cm³/mol. The van der Waals surface area contributed by atoms with Gasteiger partial charge in [0.1, 0.15) is 5.56 Å². The van der Waals surface area contributed by atoms with Crippen LogP contribution in [0, 0.1) is 0 Å². The number of nitrogens with zero attached hydrogens (tertiary/aromatic N) is 1. The molecule has 0 saturated heterocycles. The van der Waals surface area contributed by atoms with Gasteiger partial charge in [-0.05, 0) is 42.7 Å². The Morgan fingerprint density at radius 3 is 2.57 bits per heavy atom. The number of rotatable bonds is 5. The molecule has 0 atom stereocenters. The largest absolute Gasteiger partial charge is 0.477 e. The van der Waals surface area contributed by atoms with Crippen molar-refractivity contribution in [1.82, 2.24) is 4.98 Å². The summed E-state index contributed by atoms with van der Waals surface area (Å²) in [6, 6.07) is 11.3. The minimum atomic E-state index is -0.219. The average Bonchev–Trinajstić information content (AvgIpc) is 2.48. The van der Waals surface area contributed by atoms with Crippen molar-refractivity contribution in [3.63, 3.8) is 0 Å². The molecule has 0 radical (unpaired) electrons. The van der Waals surface area contributed by atoms with Crippen LogP contribution in [0.2, 0.25) is 0 Å². The van der Waals surface area contributed by atoms with Gasteiger partial charge in [0.2, 0.25) is 5.88 Å². The van der Waals surface area contributed by atoms with Crippen LogP contribution in [-0.4, -0.2) is 17.5 Å². The zero-order chi connectivity index (χ0) is 15.2. The molecule has 0 aliphatic rings. The van der Waals surface area contributed by atoms with E-state index in [9.17, 15) is 4.79 Å². The van der Waals surface area contributed by atoms with E-state index in [0.29, 0.717) is 24.0 Å². The molecule has 1 aromatic heterocycles. The summed E-state index contributed by atoms with van der Waals surface area (Å²) in [6.07, 6.45) is 1.61. The molecule has 0 aliphatic carbocycles. The van der Waals surface area contributed by atoms with Gasteiger partial charge in [0, 0.05) is 11.9 Å². The number of carbonyl (C=O) groups excluding carboxylic acids is 1. The average molecular weight is 284 g/mol. The molecule has 1 N–H and O–H groups in total. The molecular formula is C17H20N2O2. The van der Waals surface area contributed by atoms with Crippen LogP contribution in [0.3, 0.4) is 0 Å². The van der Waals surface area contributed by atoms with Crippen molar-refractivity contribution in [2.24, 2.45) is 0 Å². The van der Waals surface area contributed by atoms with Gasteiger partial charge in [0.15, 0.2) is 0 Å². The number of carbonyl (C=O) groups is 1. The van der Waals surface area contributed by atoms with Crippen LogP contribution in [0.5, 0.6) is 5.88 Å². The molecule has 0 unspecified atom stereocenters. The fourth-order valence-electron chi connectivity index (χ4n) is 1.97. The third-order valence-electron chi connectivity index (χ3n) is 3.13. The fraction of sp³-hybridized carbons (Fsp3) is 0.294. The SMILES string of the molecule is CCOc1ncccc1C(=O)Nc1ccc(C(C)C)cc1. The number of hydrogen-bond acceptors (Lipinski definition) is 3. The van der Waals surface area contributed by atoms with Gasteiger partial charge in [0.05, 0.1) is 6.61 Å². The highest BCUT2D eigenvalue weighted by Gasteiger charge is 2.13. The molecule has 1 heterocycles. The molecule has 2 rings (SSSR count). The molecule has 110 valence electrons. The lowest BCUT2D eigenvalue weighted by atomic mass is 10.0. The fourth-order valence-corrected chi connectivity index (χ4v) is 1.97. The minimum Gasteiger partial charge on any atom is -0.477 e. The first-order valence-corrected chi connectivity index (χ1v) is 7.11. The van der Waals surface area contributed by atoms with Crippen molar-refractivity contribution in [2.75, 3.05) is 11.9 Å². The van der Waals surface area contributed by atoms with Crippen LogP contribution in [0.15, 0.2) is 42.6 Å². The number of nitrogens with one attached hydrogen (secondary N) is 1. The summed E-state index contributed by atoms with van der Waals surface area (Å²) in [4.78, 5) is 16.4. The Morgan fingerprint density at radius 2 is 1.95 bits per heavy atom. The molecule has 0 spiro atoms. The lowest BCUT2D eigenvalue weighted by Crippen LogP contribution is -2.14. The first-order chi connectivity index (χ1) is 10.1. The van der Waals surface area contributed by atoms with Crippen LogP contribution >= 0.6 is 0 Å². The van der Waals surface area contributed by atoms with E-state index in [1.165, 1.54) is 5.56 Å². The van der Waals surface area contributed by atoms with Gasteiger partial charge in [-0.2, -0.15) is 0 Å². The van der Waals surface area contributed by atoms with Crippen LogP contribution in [0.25, 0.3) is 0 Å². The predicted octanol–water partition coefficient (Wildman–Crippen LogP) is 3.86. The number of amides is 1. The Balaban J connectivity index is 2.14. The van der Waals surface area contributed by atoms with Crippen molar-refractivity contribution in [3.05, 3.63) is 53.7 Å². The summed E-state index contributed by atoms with van der Waals surface area (Å²) in [5, 5.41) is 2.86. The zero-order valence-corrected chi connectivity index (χ0v) is 12.6. The summed E-state index contributed by atoms with van der Waals surface area (Å²) in [5.74, 6) is 0.609. The topological polar surface area (TPSA) is 51.2 Å². The molecule has 21 heavy (non-hydrogen) atoms. The molecule has 1 amide bonds. The third-order valence-corrected chi connectivity index (χ3v) is 3.13. The highest BCUT2D eigenvalue weighted by Crippen LogP contribution is 2.19. The first kappa shape index (κ1) is 15.0. The molecule has 0 fully saturated rings. The number of anilines is 1. The highest BCUT2D eigenvalue weighted by atomic mass is 16.5. The van der Waals surface area contributed by atoms with Gasteiger partial charge in [-0.1, -0.05) is 26.0 Å². The number of pyridine rings is 1. The van der Waals surface area contributed by atoms with E-state index in [0.717, 1.165) is 5.69 Å². The molecule has 0 saturated carbocycles. The number of hydrogen-bond donors (Lipinski definition) is 1. The van der Waals surface area contributed by atoms with Gasteiger partial charge in [-0.15, -0.1) is 0 Å². The van der Waals surface area contributed by atoms with Crippen molar-refractivity contribution in [3.8, 4) is 5.88 Å². The molecule has 4 heteroatoms. The van der Waals surface area contributed by atoms with E-state index in [4.69, 9.17) is 4.74 Å². The zero-order valence-electron chi connectivity index (χ0n) is 12.6. The Hall–Kier alpha value is -2.36. The van der Waals surface area contributed by atoms with Gasteiger partial charge in [-0.3, -0.25) is 4.79 Å². The summed E-state index contributed by atoms with van der Waals surface area (Å²) in [6.45, 7) is 6.61. The van der Waals surface area contributed by atoms with Crippen LogP contribution in [-0.2, 0) is 0 Å². The van der Waals surface area contributed by atoms with Gasteiger partial charge < -0.3 is 10.1 Å². The molecular weight excluding hydrogens is 264 g/mol. The van der Waals surface area contributed by atoms with Crippen molar-refractivity contribution in [2.45, 2.75) is 26.7 Å². The minimum absolute atomic E-state index is 0.219. The first-order valence-electron chi connectivity index (χ1n) is 7.11. The molecule has 2 aromatic rings. The second-order valence-electron chi connectivity index (χ2n) is 5.02. The quantitative estimate of drug-likeness (QED) is 0.907. The van der Waals surface area contributed by atoms with E-state index in [2.05, 4.69) is 24.1 Å². The van der Waals surface area contributed by atoms with E-state index in [1.54, 1.807) is 18.3 Å². The van der Waals surface area contributed by atoms with E-state index < -0.39 is 0 Å². The van der Waals surface area contributed by atoms with Crippen molar-refractivity contribution >= 4 is 11.6 Å². The smallest absolute Gasteiger partial charge is 0.261 e. The number of benzene rings is 1. The van der Waals surface area contributed by atoms with Gasteiger partial charge >= 0.3 is 0 Å². The Kier molecular flexibility index (Phi) is 4.93. The second-order valence-corrected chi connectivity index (χ2v) is 5.02. The van der Waals surface area contributed by atoms with Gasteiger partial charge in [-0.25, -0.2) is 4.98 Å². The molecule has 0 aliphatic heterocycles. The van der Waals surface area contributed by atoms with Crippen LogP contribution < -0.4 is 10.1 Å². The molecule has 1 aromatic carbocycles. The molecule has 0 bridgehead atoms. The standard InChI is InChI=1S/C17H20N2O2/c1-4-21-17-15(6-5-11-18-17)16(20)19-14-9-7-13(8-10-14)12(2)3/h5-12H,4H2,1-3H3,(H,19,20). The second kappa shape index (κ2) is 6.88. The number of ether oxygens (including phenoxy) is 1. The normalized spacial score (nSPS) is 10.5. The van der Waals surface area contributed by atoms with E-state index in [-0.39, 0.29) is 5.91 Å². The summed E-state index contributed by atoms with van der Waals surface area (Å²) >= 11 is 0. The number of aromatic nitrogens is 1. The lowest BCUT2D eigenvalue weighted by Gasteiger charge is -2.10. The monoisotopic (exact) mass is 284 g/mol. The van der Waals surface area contributed by atoms with E-state index in [1.807, 2.05) is 31.2 Å². The van der Waals surface area contributed by atoms with Crippen molar-refractivity contribution in [1.29, 1.82) is 0 Å². The maximum Gasteiger partial charge on any atom is 0.261 e. The maximum absolute atomic E-state index is 12.3. The highest BCUT2D eigenvalue weighted by molar-refractivity contribution is 6.05. The van der Waals surface area contributed by atoms with Crippen LogP contribution in [0.4, 0.5) is 5.69 Å². The third kappa shape index (κ3) is 3.81. The maximum atomic E-state index is 12.3. The Labute approximate surface area is 125 Å².